The maximum atomic E-state index is 12.4. The molecule has 1 fully saturated rings. The van der Waals surface area contributed by atoms with E-state index >= 15 is 0 Å². The normalized spacial score (nSPS) is 15.4. The van der Waals surface area contributed by atoms with Crippen molar-refractivity contribution in [2.45, 2.75) is 6.18 Å². The highest BCUT2D eigenvalue weighted by atomic mass is 35.5. The molecule has 0 saturated carbocycles. The number of para-hydroxylation sites is 1. The molecule has 14 heteroatoms. The molecular weight excluding hydrogens is 556 g/mol. The Kier molecular flexibility index (Phi) is 8.79. The molecule has 0 atom stereocenters. The molecule has 4 rings (SSSR count). The minimum absolute atomic E-state index is 0.203. The molecule has 0 radical (unpaired) electrons. The number of alkyl halides is 3. The van der Waals surface area contributed by atoms with Crippen LogP contribution in [0.1, 0.15) is 15.9 Å². The third-order valence-corrected chi connectivity index (χ3v) is 6.10. The molecule has 2 amide bonds. The number of benzene rings is 2. The predicted molar refractivity (Wildman–Crippen MR) is 136 cm³/mol. The Hall–Kier alpha value is -3.61. The first kappa shape index (κ1) is 28.0. The van der Waals surface area contributed by atoms with Gasteiger partial charge in [0.25, 0.3) is 11.8 Å². The summed E-state index contributed by atoms with van der Waals surface area (Å²) < 4.78 is 31.7. The Morgan fingerprint density at radius 1 is 1.16 bits per heavy atom. The minimum atomic E-state index is -5.08. The monoisotopic (exact) mass is 570 g/mol. The van der Waals surface area contributed by atoms with Crippen LogP contribution in [-0.2, 0) is 9.59 Å². The van der Waals surface area contributed by atoms with Gasteiger partial charge in [-0.2, -0.15) is 13.2 Å². The van der Waals surface area contributed by atoms with Gasteiger partial charge in [-0.1, -0.05) is 35.3 Å². The van der Waals surface area contributed by atoms with Gasteiger partial charge >= 0.3 is 12.1 Å². The molecule has 1 saturated heterocycles. The number of halogens is 5. The fourth-order valence-electron chi connectivity index (χ4n) is 2.92. The van der Waals surface area contributed by atoms with Gasteiger partial charge in [-0.25, -0.2) is 9.79 Å². The summed E-state index contributed by atoms with van der Waals surface area (Å²) in [6.45, 7) is 0. The maximum Gasteiger partial charge on any atom is 0.490 e. The number of rotatable bonds is 3. The average molecular weight is 571 g/mol. The fraction of sp³-hybridized carbons (Fsp3) is 0.0870. The number of carboxylic acids is 1. The molecule has 1 aliphatic heterocycles. The minimum Gasteiger partial charge on any atom is -0.475 e. The van der Waals surface area contributed by atoms with Crippen LogP contribution < -0.4 is 10.6 Å². The van der Waals surface area contributed by atoms with E-state index < -0.39 is 12.1 Å². The number of aliphatic imine (C=N–C) groups is 1. The number of amides is 2. The highest BCUT2D eigenvalue weighted by molar-refractivity contribution is 8.18. The molecule has 0 aliphatic carbocycles. The standard InChI is InChI=1S/C21H14Cl2N4O2S.C2HF3O2/c1-24-19(28)12-7-8-25-16-6-5-11(9-13(12)16)10-17-20(29)27-21(30-17)26-18-14(22)3-2-4-15(18)23;3-2(4,5)1(6)7/h2-10H,1H3,(H,24,28)(H,26,27,29);(H,6,7)/b17-10+;. The van der Waals surface area contributed by atoms with E-state index in [0.717, 1.165) is 5.56 Å². The summed E-state index contributed by atoms with van der Waals surface area (Å²) in [5, 5.41) is 14.3. The van der Waals surface area contributed by atoms with Crippen molar-refractivity contribution in [3.8, 4) is 0 Å². The number of aliphatic carboxylic acids is 1. The van der Waals surface area contributed by atoms with E-state index in [9.17, 15) is 22.8 Å². The molecule has 37 heavy (non-hydrogen) atoms. The second-order valence-corrected chi connectivity index (χ2v) is 8.91. The molecule has 1 aliphatic rings. The highest BCUT2D eigenvalue weighted by Gasteiger charge is 2.38. The number of fused-ring (bicyclic) bond motifs is 1. The number of hydrogen-bond acceptors (Lipinski definition) is 6. The molecule has 0 unspecified atom stereocenters. The van der Waals surface area contributed by atoms with Crippen molar-refractivity contribution in [3.05, 3.63) is 74.7 Å². The number of carboxylic acid groups (broad SMARTS) is 1. The number of hydrogen-bond donors (Lipinski definition) is 3. The van der Waals surface area contributed by atoms with Gasteiger partial charge in [0.15, 0.2) is 5.17 Å². The van der Waals surface area contributed by atoms with Gasteiger partial charge in [0.2, 0.25) is 0 Å². The van der Waals surface area contributed by atoms with Crippen LogP contribution in [0.15, 0.2) is 58.6 Å². The van der Waals surface area contributed by atoms with Crippen LogP contribution >= 0.6 is 35.0 Å². The first-order valence-electron chi connectivity index (χ1n) is 10.0. The van der Waals surface area contributed by atoms with E-state index in [1.165, 1.54) is 11.8 Å². The molecule has 2 aromatic carbocycles. The number of amidine groups is 1. The maximum absolute atomic E-state index is 12.4. The van der Waals surface area contributed by atoms with Crippen molar-refractivity contribution < 1.29 is 32.7 Å². The number of aromatic nitrogens is 1. The van der Waals surface area contributed by atoms with Crippen molar-refractivity contribution in [1.82, 2.24) is 15.6 Å². The Labute approximate surface area is 221 Å². The van der Waals surface area contributed by atoms with Crippen LogP contribution in [0.3, 0.4) is 0 Å². The van der Waals surface area contributed by atoms with Gasteiger partial charge < -0.3 is 15.7 Å². The number of thioether (sulfide) groups is 1. The first-order valence-corrected chi connectivity index (χ1v) is 11.6. The van der Waals surface area contributed by atoms with Gasteiger partial charge in [0, 0.05) is 18.6 Å². The summed E-state index contributed by atoms with van der Waals surface area (Å²) in [5.41, 5.74) is 2.37. The molecule has 0 bridgehead atoms. The van der Waals surface area contributed by atoms with E-state index in [4.69, 9.17) is 33.1 Å². The van der Waals surface area contributed by atoms with Crippen LogP contribution in [0.2, 0.25) is 10.0 Å². The smallest absolute Gasteiger partial charge is 0.475 e. The van der Waals surface area contributed by atoms with E-state index in [2.05, 4.69) is 20.6 Å². The van der Waals surface area contributed by atoms with Crippen molar-refractivity contribution in [3.63, 3.8) is 0 Å². The second kappa shape index (κ2) is 11.6. The molecule has 3 aromatic rings. The SMILES string of the molecule is CNC(=O)c1ccnc2ccc(/C=C3/SC(=Nc4c(Cl)cccc4Cl)NC3=O)cc12.O=C(O)C(F)(F)F. The summed E-state index contributed by atoms with van der Waals surface area (Å²) in [6.07, 6.45) is -1.76. The highest BCUT2D eigenvalue weighted by Crippen LogP contribution is 2.35. The van der Waals surface area contributed by atoms with Crippen LogP contribution in [0.5, 0.6) is 0 Å². The van der Waals surface area contributed by atoms with Crippen LogP contribution in [0.25, 0.3) is 17.0 Å². The Balaban J connectivity index is 0.000000479. The lowest BCUT2D eigenvalue weighted by Crippen LogP contribution is -2.21. The Morgan fingerprint density at radius 2 is 1.81 bits per heavy atom. The molecular formula is C23H15Cl2F3N4O4S. The lowest BCUT2D eigenvalue weighted by Gasteiger charge is -2.06. The zero-order chi connectivity index (χ0) is 27.3. The number of carbonyl (C=O) groups is 3. The summed E-state index contributed by atoms with van der Waals surface area (Å²) in [7, 11) is 1.58. The van der Waals surface area contributed by atoms with Crippen molar-refractivity contribution >= 4 is 80.6 Å². The number of nitrogens with zero attached hydrogens (tertiary/aromatic N) is 2. The molecule has 8 nitrogen and oxygen atoms in total. The predicted octanol–water partition coefficient (Wildman–Crippen LogP) is 5.43. The molecule has 2 heterocycles. The first-order chi connectivity index (χ1) is 17.4. The lowest BCUT2D eigenvalue weighted by atomic mass is 10.1. The van der Waals surface area contributed by atoms with Crippen LogP contribution in [-0.4, -0.2) is 46.3 Å². The quantitative estimate of drug-likeness (QED) is 0.361. The molecule has 192 valence electrons. The largest absolute Gasteiger partial charge is 0.490 e. The third kappa shape index (κ3) is 7.00. The van der Waals surface area contributed by atoms with Gasteiger partial charge in [-0.3, -0.25) is 14.6 Å². The summed E-state index contributed by atoms with van der Waals surface area (Å²) in [4.78, 5) is 42.6. The zero-order valence-electron chi connectivity index (χ0n) is 18.6. The van der Waals surface area contributed by atoms with Gasteiger partial charge in [-0.15, -0.1) is 0 Å². The number of nitrogens with one attached hydrogen (secondary N) is 2. The lowest BCUT2D eigenvalue weighted by molar-refractivity contribution is -0.192. The molecule has 1 aromatic heterocycles. The topological polar surface area (TPSA) is 121 Å². The van der Waals surface area contributed by atoms with Gasteiger partial charge in [-0.05, 0) is 53.7 Å². The van der Waals surface area contributed by atoms with Crippen LogP contribution in [0, 0.1) is 0 Å². The van der Waals surface area contributed by atoms with Crippen molar-refractivity contribution in [2.24, 2.45) is 4.99 Å². The van der Waals surface area contributed by atoms with Crippen LogP contribution in [0.4, 0.5) is 18.9 Å². The average Bonchev–Trinajstić information content (AvgIpc) is 3.18. The van der Waals surface area contributed by atoms with E-state index in [-0.39, 0.29) is 11.8 Å². The van der Waals surface area contributed by atoms with Gasteiger partial charge in [0.1, 0.15) is 5.69 Å². The van der Waals surface area contributed by atoms with Crippen molar-refractivity contribution in [1.29, 1.82) is 0 Å². The Morgan fingerprint density at radius 3 is 2.41 bits per heavy atom. The Bertz CT molecular complexity index is 1440. The van der Waals surface area contributed by atoms with E-state index in [0.29, 0.717) is 42.3 Å². The third-order valence-electron chi connectivity index (χ3n) is 4.58. The summed E-state index contributed by atoms with van der Waals surface area (Å²) >= 11 is 13.5. The number of pyridine rings is 1. The van der Waals surface area contributed by atoms with Crippen molar-refractivity contribution in [2.75, 3.05) is 7.05 Å². The van der Waals surface area contributed by atoms with E-state index in [1.807, 2.05) is 18.2 Å². The summed E-state index contributed by atoms with van der Waals surface area (Å²) in [6, 6.07) is 12.2. The molecule has 3 N–H and O–H groups in total. The fourth-order valence-corrected chi connectivity index (χ4v) is 4.23. The van der Waals surface area contributed by atoms with Gasteiger partial charge in [0.05, 0.1) is 26.0 Å². The molecule has 0 spiro atoms. The zero-order valence-corrected chi connectivity index (χ0v) is 20.9. The summed E-state index contributed by atoms with van der Waals surface area (Å²) in [5.74, 6) is -3.24. The second-order valence-electron chi connectivity index (χ2n) is 7.07. The van der Waals surface area contributed by atoms with E-state index in [1.54, 1.807) is 43.6 Å². The number of carbonyl (C=O) groups excluding carboxylic acids is 2.